The molecular weight excluding hydrogens is 285 g/mol. The molecule has 0 bridgehead atoms. The van der Waals surface area contributed by atoms with E-state index in [0.29, 0.717) is 12.4 Å². The van der Waals surface area contributed by atoms with Crippen LogP contribution in [-0.2, 0) is 12.6 Å². The van der Waals surface area contributed by atoms with Crippen LogP contribution in [0.4, 0.5) is 19.0 Å². The summed E-state index contributed by atoms with van der Waals surface area (Å²) in [5.74, 6) is 1.11. The summed E-state index contributed by atoms with van der Waals surface area (Å²) in [6.07, 6.45) is -2.90. The summed E-state index contributed by atoms with van der Waals surface area (Å²) in [5.41, 5.74) is 0.931. The SMILES string of the molecule is Cc1noc(C)c1CCCNc1ccc(C(F)(F)F)nn1. The summed E-state index contributed by atoms with van der Waals surface area (Å²) >= 11 is 0. The third-order valence-electron chi connectivity index (χ3n) is 3.05. The molecule has 0 aliphatic heterocycles. The number of aryl methyl sites for hydroxylation is 2. The fourth-order valence-corrected chi connectivity index (χ4v) is 1.92. The molecule has 21 heavy (non-hydrogen) atoms. The molecule has 0 amide bonds. The van der Waals surface area contributed by atoms with Gasteiger partial charge in [-0.05, 0) is 38.8 Å². The third kappa shape index (κ3) is 3.93. The zero-order chi connectivity index (χ0) is 15.5. The van der Waals surface area contributed by atoms with Gasteiger partial charge in [-0.2, -0.15) is 13.2 Å². The van der Waals surface area contributed by atoms with Crippen molar-refractivity contribution in [2.45, 2.75) is 32.9 Å². The summed E-state index contributed by atoms with van der Waals surface area (Å²) < 4.78 is 42.0. The summed E-state index contributed by atoms with van der Waals surface area (Å²) in [6, 6.07) is 2.18. The van der Waals surface area contributed by atoms with Crippen LogP contribution in [-0.4, -0.2) is 21.9 Å². The predicted octanol–water partition coefficient (Wildman–Crippen LogP) is 3.14. The Bertz CT molecular complexity index is 573. The molecule has 5 nitrogen and oxygen atoms in total. The monoisotopic (exact) mass is 300 g/mol. The predicted molar refractivity (Wildman–Crippen MR) is 69.8 cm³/mol. The van der Waals surface area contributed by atoms with Gasteiger partial charge in [0.2, 0.25) is 0 Å². The molecule has 0 unspecified atom stereocenters. The fraction of sp³-hybridized carbons (Fsp3) is 0.462. The number of alkyl halides is 3. The third-order valence-corrected chi connectivity index (χ3v) is 3.05. The molecule has 0 aliphatic rings. The van der Waals surface area contributed by atoms with Gasteiger partial charge in [-0.15, -0.1) is 10.2 Å². The largest absolute Gasteiger partial charge is 0.435 e. The molecule has 0 saturated carbocycles. The Balaban J connectivity index is 1.81. The van der Waals surface area contributed by atoms with Crippen LogP contribution >= 0.6 is 0 Å². The van der Waals surface area contributed by atoms with Gasteiger partial charge in [0.25, 0.3) is 0 Å². The lowest BCUT2D eigenvalue weighted by Crippen LogP contribution is -2.11. The minimum absolute atomic E-state index is 0.321. The molecule has 2 heterocycles. The highest BCUT2D eigenvalue weighted by atomic mass is 19.4. The molecule has 0 atom stereocenters. The van der Waals surface area contributed by atoms with Gasteiger partial charge in [-0.25, -0.2) is 0 Å². The summed E-state index contributed by atoms with van der Waals surface area (Å²) in [7, 11) is 0. The Hall–Kier alpha value is -2.12. The van der Waals surface area contributed by atoms with Crippen LogP contribution in [0, 0.1) is 13.8 Å². The first-order chi connectivity index (χ1) is 9.88. The number of nitrogens with zero attached hydrogens (tertiary/aromatic N) is 3. The van der Waals surface area contributed by atoms with Crippen LogP contribution in [0.2, 0.25) is 0 Å². The van der Waals surface area contributed by atoms with Crippen LogP contribution in [0.1, 0.15) is 29.1 Å². The van der Waals surface area contributed by atoms with E-state index in [-0.39, 0.29) is 0 Å². The molecule has 0 aromatic carbocycles. The maximum absolute atomic E-state index is 12.3. The van der Waals surface area contributed by atoms with Gasteiger partial charge in [-0.3, -0.25) is 0 Å². The minimum Gasteiger partial charge on any atom is -0.369 e. The second kappa shape index (κ2) is 6.11. The van der Waals surface area contributed by atoms with Gasteiger partial charge in [0.05, 0.1) is 5.69 Å². The van der Waals surface area contributed by atoms with E-state index in [1.807, 2.05) is 13.8 Å². The molecule has 0 fully saturated rings. The molecule has 0 aliphatic carbocycles. The molecule has 2 rings (SSSR count). The Morgan fingerprint density at radius 1 is 1.19 bits per heavy atom. The zero-order valence-electron chi connectivity index (χ0n) is 11.7. The van der Waals surface area contributed by atoms with E-state index >= 15 is 0 Å². The lowest BCUT2D eigenvalue weighted by atomic mass is 10.1. The van der Waals surface area contributed by atoms with Crippen LogP contribution in [0.25, 0.3) is 0 Å². The van der Waals surface area contributed by atoms with Crippen molar-refractivity contribution in [3.8, 4) is 0 Å². The molecular formula is C13H15F3N4O. The van der Waals surface area contributed by atoms with Gasteiger partial charge < -0.3 is 9.84 Å². The second-order valence-corrected chi connectivity index (χ2v) is 4.63. The first-order valence-corrected chi connectivity index (χ1v) is 6.44. The summed E-state index contributed by atoms with van der Waals surface area (Å²) in [5, 5.41) is 13.4. The van der Waals surface area contributed by atoms with Crippen molar-refractivity contribution in [2.24, 2.45) is 0 Å². The fourth-order valence-electron chi connectivity index (χ4n) is 1.92. The first kappa shape index (κ1) is 15.3. The topological polar surface area (TPSA) is 63.8 Å². The molecule has 8 heteroatoms. The standard InChI is InChI=1S/C13H15F3N4O/c1-8-10(9(2)21-20-8)4-3-7-17-12-6-5-11(18-19-12)13(14,15)16/h5-6H,3-4,7H2,1-2H3,(H,17,19). The van der Waals surface area contributed by atoms with Crippen LogP contribution in [0.3, 0.4) is 0 Å². The first-order valence-electron chi connectivity index (χ1n) is 6.44. The maximum atomic E-state index is 12.3. The maximum Gasteiger partial charge on any atom is 0.435 e. The van der Waals surface area contributed by atoms with E-state index < -0.39 is 11.9 Å². The van der Waals surface area contributed by atoms with Crippen LogP contribution < -0.4 is 5.32 Å². The Morgan fingerprint density at radius 2 is 1.95 bits per heavy atom. The van der Waals surface area contributed by atoms with E-state index in [4.69, 9.17) is 4.52 Å². The van der Waals surface area contributed by atoms with E-state index in [1.54, 1.807) is 0 Å². The van der Waals surface area contributed by atoms with Crippen molar-refractivity contribution in [2.75, 3.05) is 11.9 Å². The van der Waals surface area contributed by atoms with Gasteiger partial charge in [0.15, 0.2) is 5.69 Å². The van der Waals surface area contributed by atoms with Gasteiger partial charge in [0, 0.05) is 12.1 Å². The molecule has 0 radical (unpaired) electrons. The molecule has 1 N–H and O–H groups in total. The van der Waals surface area contributed by atoms with E-state index in [9.17, 15) is 13.2 Å². The van der Waals surface area contributed by atoms with E-state index in [1.165, 1.54) is 6.07 Å². The minimum atomic E-state index is -4.46. The van der Waals surface area contributed by atoms with Crippen molar-refractivity contribution < 1.29 is 17.7 Å². The van der Waals surface area contributed by atoms with Gasteiger partial charge in [-0.1, -0.05) is 5.16 Å². The second-order valence-electron chi connectivity index (χ2n) is 4.63. The number of hydrogen-bond acceptors (Lipinski definition) is 5. The quantitative estimate of drug-likeness (QED) is 0.859. The zero-order valence-corrected chi connectivity index (χ0v) is 11.7. The molecule has 0 saturated heterocycles. The molecule has 0 spiro atoms. The number of nitrogens with one attached hydrogen (secondary N) is 1. The highest BCUT2D eigenvalue weighted by molar-refractivity contribution is 5.33. The number of hydrogen-bond donors (Lipinski definition) is 1. The van der Waals surface area contributed by atoms with E-state index in [0.717, 1.165) is 35.9 Å². The smallest absolute Gasteiger partial charge is 0.369 e. The molecule has 2 aromatic rings. The van der Waals surface area contributed by atoms with Crippen molar-refractivity contribution in [1.82, 2.24) is 15.4 Å². The number of aromatic nitrogens is 3. The Morgan fingerprint density at radius 3 is 2.48 bits per heavy atom. The normalized spacial score (nSPS) is 11.7. The molecule has 114 valence electrons. The summed E-state index contributed by atoms with van der Waals surface area (Å²) in [6.45, 7) is 4.30. The number of halogens is 3. The lowest BCUT2D eigenvalue weighted by Gasteiger charge is -2.07. The molecule has 2 aromatic heterocycles. The van der Waals surface area contributed by atoms with E-state index in [2.05, 4.69) is 20.7 Å². The highest BCUT2D eigenvalue weighted by Gasteiger charge is 2.32. The van der Waals surface area contributed by atoms with Gasteiger partial charge in [0.1, 0.15) is 11.6 Å². The highest BCUT2D eigenvalue weighted by Crippen LogP contribution is 2.27. The van der Waals surface area contributed by atoms with Crippen molar-refractivity contribution in [3.63, 3.8) is 0 Å². The van der Waals surface area contributed by atoms with Crippen LogP contribution in [0.5, 0.6) is 0 Å². The van der Waals surface area contributed by atoms with Crippen molar-refractivity contribution in [3.05, 3.63) is 34.8 Å². The van der Waals surface area contributed by atoms with Crippen molar-refractivity contribution >= 4 is 5.82 Å². The Labute approximate surface area is 119 Å². The Kier molecular flexibility index (Phi) is 4.44. The van der Waals surface area contributed by atoms with Crippen molar-refractivity contribution in [1.29, 1.82) is 0 Å². The van der Waals surface area contributed by atoms with Gasteiger partial charge >= 0.3 is 6.18 Å². The number of rotatable bonds is 5. The average molecular weight is 300 g/mol. The van der Waals surface area contributed by atoms with Crippen LogP contribution in [0.15, 0.2) is 16.7 Å². The number of anilines is 1. The average Bonchev–Trinajstić information content (AvgIpc) is 2.74. The summed E-state index contributed by atoms with van der Waals surface area (Å²) in [4.78, 5) is 0. The lowest BCUT2D eigenvalue weighted by molar-refractivity contribution is -0.141.